The number of aryl methyl sites for hydroxylation is 1. The van der Waals surface area contributed by atoms with Gasteiger partial charge in [-0.25, -0.2) is 0 Å². The number of rotatable bonds is 3. The lowest BCUT2D eigenvalue weighted by Crippen LogP contribution is -2.54. The Bertz CT molecular complexity index is 468. The van der Waals surface area contributed by atoms with Crippen LogP contribution in [-0.4, -0.2) is 36.4 Å². The number of ether oxygens (including phenoxy) is 1. The quantitative estimate of drug-likeness (QED) is 0.707. The van der Waals surface area contributed by atoms with E-state index in [0.29, 0.717) is 37.3 Å². The molecule has 0 atom stereocenters. The van der Waals surface area contributed by atoms with E-state index in [-0.39, 0.29) is 12.5 Å². The minimum atomic E-state index is -0.565. The molecule has 1 heterocycles. The van der Waals surface area contributed by atoms with Crippen molar-refractivity contribution in [3.05, 3.63) is 29.3 Å². The van der Waals surface area contributed by atoms with Crippen LogP contribution in [0.25, 0.3) is 0 Å². The smallest absolute Gasteiger partial charge is 0.251 e. The van der Waals surface area contributed by atoms with E-state index in [1.54, 1.807) is 18.2 Å². The average Bonchev–Trinajstić information content (AvgIpc) is 2.43. The average molecular weight is 264 g/mol. The Morgan fingerprint density at radius 3 is 2.74 bits per heavy atom. The van der Waals surface area contributed by atoms with Crippen LogP contribution < -0.4 is 11.1 Å². The lowest BCUT2D eigenvalue weighted by atomic mass is 9.90. The zero-order valence-electron chi connectivity index (χ0n) is 11.1. The maximum Gasteiger partial charge on any atom is 0.251 e. The second-order valence-electron chi connectivity index (χ2n) is 5.08. The van der Waals surface area contributed by atoms with E-state index < -0.39 is 5.54 Å². The van der Waals surface area contributed by atoms with Crippen molar-refractivity contribution in [1.82, 2.24) is 5.32 Å². The summed E-state index contributed by atoms with van der Waals surface area (Å²) in [7, 11) is 0. The molecular formula is C14H20N2O3. The van der Waals surface area contributed by atoms with E-state index >= 15 is 0 Å². The molecule has 1 aliphatic rings. The van der Waals surface area contributed by atoms with Gasteiger partial charge in [0.15, 0.2) is 0 Å². The minimum absolute atomic E-state index is 0.0734. The van der Waals surface area contributed by atoms with Crippen LogP contribution >= 0.6 is 0 Å². The van der Waals surface area contributed by atoms with Gasteiger partial charge in [0.05, 0.1) is 12.1 Å². The van der Waals surface area contributed by atoms with Crippen molar-refractivity contribution in [2.45, 2.75) is 25.3 Å². The molecule has 0 radical (unpaired) electrons. The highest BCUT2D eigenvalue weighted by atomic mass is 16.5. The van der Waals surface area contributed by atoms with Crippen molar-refractivity contribution in [2.75, 3.05) is 25.6 Å². The van der Waals surface area contributed by atoms with Crippen molar-refractivity contribution in [3.63, 3.8) is 0 Å². The number of amides is 1. The fourth-order valence-corrected chi connectivity index (χ4v) is 2.21. The molecule has 0 aromatic heterocycles. The molecule has 0 unspecified atom stereocenters. The summed E-state index contributed by atoms with van der Waals surface area (Å²) in [5.41, 5.74) is 7.27. The molecule has 1 fully saturated rings. The first-order valence-corrected chi connectivity index (χ1v) is 6.44. The molecule has 0 spiro atoms. The summed E-state index contributed by atoms with van der Waals surface area (Å²) in [5.74, 6) is -0.181. The second kappa shape index (κ2) is 5.59. The third-order valence-corrected chi connectivity index (χ3v) is 3.66. The Kier molecular flexibility index (Phi) is 4.07. The van der Waals surface area contributed by atoms with Gasteiger partial charge >= 0.3 is 0 Å². The maximum atomic E-state index is 12.2. The predicted octanol–water partition coefficient (Wildman–Crippen LogP) is 0.849. The standard InChI is InChI=1S/C14H20N2O3/c1-10-8-11(2-3-12(10)15)13(18)16-14(9-17)4-6-19-7-5-14/h2-3,8,17H,4-7,9,15H2,1H3,(H,16,18). The van der Waals surface area contributed by atoms with E-state index in [1.165, 1.54) is 0 Å². The number of hydrogen-bond donors (Lipinski definition) is 3. The summed E-state index contributed by atoms with van der Waals surface area (Å²) in [5, 5.41) is 12.5. The van der Waals surface area contributed by atoms with E-state index in [9.17, 15) is 9.90 Å². The molecule has 0 aliphatic carbocycles. The number of nitrogen functional groups attached to an aromatic ring is 1. The van der Waals surface area contributed by atoms with Gasteiger partial charge in [0.25, 0.3) is 5.91 Å². The molecular weight excluding hydrogens is 244 g/mol. The van der Waals surface area contributed by atoms with Crippen molar-refractivity contribution in [3.8, 4) is 0 Å². The topological polar surface area (TPSA) is 84.6 Å². The van der Waals surface area contributed by atoms with Crippen LogP contribution in [-0.2, 0) is 4.74 Å². The number of benzene rings is 1. The van der Waals surface area contributed by atoms with E-state index in [4.69, 9.17) is 10.5 Å². The van der Waals surface area contributed by atoms with Gasteiger partial charge in [-0.1, -0.05) is 0 Å². The summed E-state index contributed by atoms with van der Waals surface area (Å²) in [6.07, 6.45) is 1.26. The first kappa shape index (κ1) is 13.8. The van der Waals surface area contributed by atoms with Gasteiger partial charge in [0, 0.05) is 24.5 Å². The van der Waals surface area contributed by atoms with Gasteiger partial charge in [-0.15, -0.1) is 0 Å². The monoisotopic (exact) mass is 264 g/mol. The zero-order valence-corrected chi connectivity index (χ0v) is 11.1. The van der Waals surface area contributed by atoms with Crippen molar-refractivity contribution < 1.29 is 14.6 Å². The summed E-state index contributed by atoms with van der Waals surface area (Å²) in [4.78, 5) is 12.2. The fraction of sp³-hybridized carbons (Fsp3) is 0.500. The number of anilines is 1. The summed E-state index contributed by atoms with van der Waals surface area (Å²) < 4.78 is 5.27. The summed E-state index contributed by atoms with van der Waals surface area (Å²) in [6.45, 7) is 2.90. The molecule has 19 heavy (non-hydrogen) atoms. The van der Waals surface area contributed by atoms with Gasteiger partial charge in [-0.05, 0) is 43.5 Å². The fourth-order valence-electron chi connectivity index (χ4n) is 2.21. The summed E-state index contributed by atoms with van der Waals surface area (Å²) in [6, 6.07) is 5.18. The molecule has 1 aliphatic heterocycles. The Morgan fingerprint density at radius 1 is 1.47 bits per heavy atom. The number of carbonyl (C=O) groups excluding carboxylic acids is 1. The van der Waals surface area contributed by atoms with Crippen LogP contribution in [0.15, 0.2) is 18.2 Å². The van der Waals surface area contributed by atoms with Gasteiger partial charge < -0.3 is 20.9 Å². The third-order valence-electron chi connectivity index (χ3n) is 3.66. The molecule has 5 nitrogen and oxygen atoms in total. The molecule has 1 amide bonds. The highest BCUT2D eigenvalue weighted by Crippen LogP contribution is 2.21. The maximum absolute atomic E-state index is 12.2. The van der Waals surface area contributed by atoms with Crippen LogP contribution in [0, 0.1) is 6.92 Å². The number of hydrogen-bond acceptors (Lipinski definition) is 4. The Labute approximate surface area is 112 Å². The molecule has 0 bridgehead atoms. The van der Waals surface area contributed by atoms with Crippen LogP contribution in [0.2, 0.25) is 0 Å². The second-order valence-corrected chi connectivity index (χ2v) is 5.08. The Hall–Kier alpha value is -1.59. The molecule has 1 aromatic rings. The predicted molar refractivity (Wildman–Crippen MR) is 72.9 cm³/mol. The number of carbonyl (C=O) groups is 1. The van der Waals surface area contributed by atoms with Crippen molar-refractivity contribution >= 4 is 11.6 Å². The largest absolute Gasteiger partial charge is 0.399 e. The highest BCUT2D eigenvalue weighted by molar-refractivity contribution is 5.95. The lowest BCUT2D eigenvalue weighted by molar-refractivity contribution is 0.0125. The molecule has 0 saturated carbocycles. The molecule has 4 N–H and O–H groups in total. The Balaban J connectivity index is 2.12. The molecule has 1 aromatic carbocycles. The highest BCUT2D eigenvalue weighted by Gasteiger charge is 2.33. The van der Waals surface area contributed by atoms with Crippen LogP contribution in [0.3, 0.4) is 0 Å². The summed E-state index contributed by atoms with van der Waals surface area (Å²) >= 11 is 0. The van der Waals surface area contributed by atoms with Gasteiger partial charge in [-0.3, -0.25) is 4.79 Å². The van der Waals surface area contributed by atoms with E-state index in [1.807, 2.05) is 6.92 Å². The number of aliphatic hydroxyl groups is 1. The number of nitrogens with two attached hydrogens (primary N) is 1. The Morgan fingerprint density at radius 2 is 2.16 bits per heavy atom. The number of aliphatic hydroxyl groups excluding tert-OH is 1. The van der Waals surface area contributed by atoms with Crippen molar-refractivity contribution in [2.24, 2.45) is 0 Å². The van der Waals surface area contributed by atoms with Gasteiger partial charge in [0.2, 0.25) is 0 Å². The number of nitrogens with one attached hydrogen (secondary N) is 1. The molecule has 104 valence electrons. The normalized spacial score (nSPS) is 18.0. The van der Waals surface area contributed by atoms with Crippen LogP contribution in [0.1, 0.15) is 28.8 Å². The third kappa shape index (κ3) is 3.05. The zero-order chi connectivity index (χ0) is 13.9. The molecule has 1 saturated heterocycles. The van der Waals surface area contributed by atoms with Gasteiger partial charge in [0.1, 0.15) is 0 Å². The van der Waals surface area contributed by atoms with Gasteiger partial charge in [-0.2, -0.15) is 0 Å². The van der Waals surface area contributed by atoms with Crippen LogP contribution in [0.5, 0.6) is 0 Å². The lowest BCUT2D eigenvalue weighted by Gasteiger charge is -2.36. The first-order valence-electron chi connectivity index (χ1n) is 6.44. The molecule has 5 heteroatoms. The van der Waals surface area contributed by atoms with E-state index in [0.717, 1.165) is 5.56 Å². The minimum Gasteiger partial charge on any atom is -0.399 e. The van der Waals surface area contributed by atoms with Crippen LogP contribution in [0.4, 0.5) is 5.69 Å². The van der Waals surface area contributed by atoms with Crippen molar-refractivity contribution in [1.29, 1.82) is 0 Å². The SMILES string of the molecule is Cc1cc(C(=O)NC2(CO)CCOCC2)ccc1N. The van der Waals surface area contributed by atoms with E-state index in [2.05, 4.69) is 5.32 Å². The first-order chi connectivity index (χ1) is 9.06. The molecule has 2 rings (SSSR count).